The standard InChI is InChI=1S/C17H15N3O3/c1-12-15(17(21)22)10-19-20(12)16-8-7-14(9-18-16)23-11-13-5-3-2-4-6-13/h2-10H,11H2,1H3,(H,21,22). The molecule has 2 heterocycles. The third-order valence-electron chi connectivity index (χ3n) is 3.43. The summed E-state index contributed by atoms with van der Waals surface area (Å²) in [5.74, 6) is 0.180. The van der Waals surface area contributed by atoms with Gasteiger partial charge in [0, 0.05) is 0 Å². The van der Waals surface area contributed by atoms with Crippen molar-refractivity contribution in [3.63, 3.8) is 0 Å². The summed E-state index contributed by atoms with van der Waals surface area (Å²) >= 11 is 0. The van der Waals surface area contributed by atoms with E-state index in [4.69, 9.17) is 9.84 Å². The van der Waals surface area contributed by atoms with Gasteiger partial charge in [0.25, 0.3) is 0 Å². The van der Waals surface area contributed by atoms with Gasteiger partial charge in [0.2, 0.25) is 0 Å². The Labute approximate surface area is 133 Å². The minimum absolute atomic E-state index is 0.163. The van der Waals surface area contributed by atoms with E-state index in [-0.39, 0.29) is 5.56 Å². The number of carboxylic acids is 1. The molecule has 0 spiro atoms. The first kappa shape index (κ1) is 14.8. The summed E-state index contributed by atoms with van der Waals surface area (Å²) in [6.07, 6.45) is 2.92. The van der Waals surface area contributed by atoms with Crippen LogP contribution in [0.3, 0.4) is 0 Å². The first-order valence-corrected chi connectivity index (χ1v) is 7.06. The molecule has 0 atom stereocenters. The van der Waals surface area contributed by atoms with Gasteiger partial charge in [0.05, 0.1) is 18.1 Å². The molecule has 0 saturated carbocycles. The van der Waals surface area contributed by atoms with E-state index in [1.807, 2.05) is 30.3 Å². The molecule has 6 nitrogen and oxygen atoms in total. The van der Waals surface area contributed by atoms with Crippen LogP contribution in [0.2, 0.25) is 0 Å². The van der Waals surface area contributed by atoms with Crippen LogP contribution < -0.4 is 4.74 Å². The first-order valence-electron chi connectivity index (χ1n) is 7.06. The van der Waals surface area contributed by atoms with Crippen LogP contribution in [0.5, 0.6) is 5.75 Å². The zero-order chi connectivity index (χ0) is 16.2. The van der Waals surface area contributed by atoms with Crippen molar-refractivity contribution >= 4 is 5.97 Å². The van der Waals surface area contributed by atoms with E-state index in [2.05, 4.69) is 10.1 Å². The van der Waals surface area contributed by atoms with Crippen molar-refractivity contribution in [2.24, 2.45) is 0 Å². The van der Waals surface area contributed by atoms with Crippen molar-refractivity contribution in [3.05, 3.63) is 71.7 Å². The van der Waals surface area contributed by atoms with E-state index in [0.717, 1.165) is 5.56 Å². The summed E-state index contributed by atoms with van der Waals surface area (Å²) in [4.78, 5) is 15.3. The van der Waals surface area contributed by atoms with E-state index in [0.29, 0.717) is 23.9 Å². The van der Waals surface area contributed by atoms with Gasteiger partial charge in [-0.25, -0.2) is 14.5 Å². The fourth-order valence-corrected chi connectivity index (χ4v) is 2.17. The van der Waals surface area contributed by atoms with Crippen LogP contribution in [-0.2, 0) is 6.61 Å². The third-order valence-corrected chi connectivity index (χ3v) is 3.43. The van der Waals surface area contributed by atoms with E-state index in [1.54, 1.807) is 25.3 Å². The molecule has 116 valence electrons. The number of pyridine rings is 1. The van der Waals surface area contributed by atoms with Crippen molar-refractivity contribution in [3.8, 4) is 11.6 Å². The highest BCUT2D eigenvalue weighted by Crippen LogP contribution is 2.16. The number of ether oxygens (including phenoxy) is 1. The number of aromatic carboxylic acids is 1. The monoisotopic (exact) mass is 309 g/mol. The quantitative estimate of drug-likeness (QED) is 0.784. The highest BCUT2D eigenvalue weighted by atomic mass is 16.5. The fraction of sp³-hybridized carbons (Fsp3) is 0.118. The molecule has 6 heteroatoms. The molecule has 3 rings (SSSR count). The lowest BCUT2D eigenvalue weighted by Crippen LogP contribution is -2.04. The topological polar surface area (TPSA) is 77.2 Å². The number of nitrogens with zero attached hydrogens (tertiary/aromatic N) is 3. The van der Waals surface area contributed by atoms with Crippen molar-refractivity contribution < 1.29 is 14.6 Å². The van der Waals surface area contributed by atoms with E-state index in [9.17, 15) is 4.79 Å². The highest BCUT2D eigenvalue weighted by Gasteiger charge is 2.14. The average Bonchev–Trinajstić information content (AvgIpc) is 2.96. The maximum Gasteiger partial charge on any atom is 0.339 e. The molecular formula is C17H15N3O3. The van der Waals surface area contributed by atoms with Gasteiger partial charge in [-0.2, -0.15) is 5.10 Å². The summed E-state index contributed by atoms with van der Waals surface area (Å²) in [6.45, 7) is 2.16. The average molecular weight is 309 g/mol. The number of rotatable bonds is 5. The molecular weight excluding hydrogens is 294 g/mol. The van der Waals surface area contributed by atoms with Crippen molar-refractivity contribution in [2.45, 2.75) is 13.5 Å². The summed E-state index contributed by atoms with van der Waals surface area (Å²) < 4.78 is 7.16. The maximum absolute atomic E-state index is 11.0. The van der Waals surface area contributed by atoms with Gasteiger partial charge < -0.3 is 9.84 Å². The molecule has 0 unspecified atom stereocenters. The number of benzene rings is 1. The smallest absolute Gasteiger partial charge is 0.339 e. The van der Waals surface area contributed by atoms with Crippen LogP contribution in [0.15, 0.2) is 54.9 Å². The largest absolute Gasteiger partial charge is 0.487 e. The summed E-state index contributed by atoms with van der Waals surface area (Å²) in [7, 11) is 0. The Balaban J connectivity index is 1.73. The lowest BCUT2D eigenvalue weighted by atomic mass is 10.2. The van der Waals surface area contributed by atoms with Gasteiger partial charge >= 0.3 is 5.97 Å². The Hall–Kier alpha value is -3.15. The molecule has 0 aliphatic heterocycles. The lowest BCUT2D eigenvalue weighted by Gasteiger charge is -2.07. The van der Waals surface area contributed by atoms with E-state index < -0.39 is 5.97 Å². The molecule has 0 amide bonds. The molecule has 0 bridgehead atoms. The molecule has 0 aliphatic carbocycles. The molecule has 1 aromatic carbocycles. The van der Waals surface area contributed by atoms with Crippen LogP contribution in [0.1, 0.15) is 21.6 Å². The second-order valence-electron chi connectivity index (χ2n) is 4.99. The second-order valence-corrected chi connectivity index (χ2v) is 4.99. The number of aromatic nitrogens is 3. The zero-order valence-electron chi connectivity index (χ0n) is 12.5. The summed E-state index contributed by atoms with van der Waals surface area (Å²) in [6, 6.07) is 13.4. The van der Waals surface area contributed by atoms with Gasteiger partial charge in [-0.3, -0.25) is 0 Å². The predicted molar refractivity (Wildman–Crippen MR) is 83.8 cm³/mol. The minimum atomic E-state index is -1.00. The maximum atomic E-state index is 11.0. The van der Waals surface area contributed by atoms with E-state index >= 15 is 0 Å². The third kappa shape index (κ3) is 3.21. The van der Waals surface area contributed by atoms with Crippen molar-refractivity contribution in [1.29, 1.82) is 0 Å². The molecule has 0 radical (unpaired) electrons. The van der Waals surface area contributed by atoms with Gasteiger partial charge in [-0.05, 0) is 24.6 Å². The molecule has 0 saturated heterocycles. The van der Waals surface area contributed by atoms with E-state index in [1.165, 1.54) is 10.9 Å². The van der Waals surface area contributed by atoms with Crippen LogP contribution >= 0.6 is 0 Å². The lowest BCUT2D eigenvalue weighted by molar-refractivity contribution is 0.0696. The number of hydrogen-bond acceptors (Lipinski definition) is 4. The van der Waals surface area contributed by atoms with Crippen LogP contribution in [0.4, 0.5) is 0 Å². The van der Waals surface area contributed by atoms with Gasteiger partial charge in [0.1, 0.15) is 17.9 Å². The summed E-state index contributed by atoms with van der Waals surface area (Å²) in [5.41, 5.74) is 1.77. The Morgan fingerprint density at radius 1 is 1.17 bits per heavy atom. The normalized spacial score (nSPS) is 10.5. The molecule has 23 heavy (non-hydrogen) atoms. The van der Waals surface area contributed by atoms with Crippen molar-refractivity contribution in [2.75, 3.05) is 0 Å². The van der Waals surface area contributed by atoms with Crippen LogP contribution in [-0.4, -0.2) is 25.8 Å². The number of hydrogen-bond donors (Lipinski definition) is 1. The second kappa shape index (κ2) is 6.31. The molecule has 3 aromatic rings. The summed E-state index contributed by atoms with van der Waals surface area (Å²) in [5, 5.41) is 13.1. The molecule has 1 N–H and O–H groups in total. The van der Waals surface area contributed by atoms with Crippen LogP contribution in [0.25, 0.3) is 5.82 Å². The molecule has 0 aliphatic rings. The minimum Gasteiger partial charge on any atom is -0.487 e. The molecule has 2 aromatic heterocycles. The number of carboxylic acid groups (broad SMARTS) is 1. The fourth-order valence-electron chi connectivity index (χ4n) is 2.17. The van der Waals surface area contributed by atoms with Crippen molar-refractivity contribution in [1.82, 2.24) is 14.8 Å². The SMILES string of the molecule is Cc1c(C(=O)O)cnn1-c1ccc(OCc2ccccc2)cn1. The Bertz CT molecular complexity index is 811. The van der Waals surface area contributed by atoms with Gasteiger partial charge in [0.15, 0.2) is 5.82 Å². The van der Waals surface area contributed by atoms with Gasteiger partial charge in [-0.1, -0.05) is 30.3 Å². The Kier molecular flexibility index (Phi) is 4.05. The van der Waals surface area contributed by atoms with Crippen LogP contribution in [0, 0.1) is 6.92 Å². The predicted octanol–water partition coefficient (Wildman–Crippen LogP) is 2.85. The Morgan fingerprint density at radius 3 is 2.57 bits per heavy atom. The zero-order valence-corrected chi connectivity index (χ0v) is 12.5. The highest BCUT2D eigenvalue weighted by molar-refractivity contribution is 5.88. The first-order chi connectivity index (χ1) is 11.1. The number of carbonyl (C=O) groups is 1. The van der Waals surface area contributed by atoms with Gasteiger partial charge in [-0.15, -0.1) is 0 Å². The Morgan fingerprint density at radius 2 is 1.96 bits per heavy atom. The molecule has 0 fully saturated rings.